The number of carboxylic acids is 1. The van der Waals surface area contributed by atoms with Crippen LogP contribution in [-0.4, -0.2) is 34.6 Å². The average molecular weight is 277 g/mol. The molecule has 0 saturated carbocycles. The molecule has 0 aliphatic carbocycles. The second kappa shape index (κ2) is 5.79. The van der Waals surface area contributed by atoms with Crippen LogP contribution in [0.4, 0.5) is 5.82 Å². The van der Waals surface area contributed by atoms with Crippen molar-refractivity contribution < 1.29 is 9.90 Å². The van der Waals surface area contributed by atoms with E-state index in [1.165, 1.54) is 6.07 Å². The molecule has 5 nitrogen and oxygen atoms in total. The lowest BCUT2D eigenvalue weighted by molar-refractivity contribution is 0.0690. The van der Waals surface area contributed by atoms with Crippen LogP contribution in [0.15, 0.2) is 29.8 Å². The minimum absolute atomic E-state index is 0.0613. The van der Waals surface area contributed by atoms with Crippen LogP contribution in [0.5, 0.6) is 0 Å². The zero-order valence-corrected chi connectivity index (χ0v) is 11.6. The summed E-state index contributed by atoms with van der Waals surface area (Å²) in [7, 11) is 1.90. The van der Waals surface area contributed by atoms with E-state index in [1.54, 1.807) is 29.7 Å². The van der Waals surface area contributed by atoms with E-state index in [1.807, 2.05) is 17.3 Å². The summed E-state index contributed by atoms with van der Waals surface area (Å²) in [5.41, 5.74) is 0.0613. The fourth-order valence-corrected chi connectivity index (χ4v) is 2.50. The highest BCUT2D eigenvalue weighted by molar-refractivity contribution is 7.09. The summed E-state index contributed by atoms with van der Waals surface area (Å²) in [5, 5.41) is 12.0. The van der Waals surface area contributed by atoms with Gasteiger partial charge in [-0.25, -0.2) is 14.8 Å². The number of carboxylic acid groups (broad SMARTS) is 1. The molecule has 2 heterocycles. The molecule has 2 aromatic heterocycles. The number of hydrogen-bond acceptors (Lipinski definition) is 5. The van der Waals surface area contributed by atoms with Gasteiger partial charge in [0.05, 0.1) is 5.01 Å². The maximum Gasteiger partial charge on any atom is 0.354 e. The quantitative estimate of drug-likeness (QED) is 0.909. The van der Waals surface area contributed by atoms with Gasteiger partial charge in [0.2, 0.25) is 0 Å². The fourth-order valence-electron chi connectivity index (χ4n) is 1.82. The van der Waals surface area contributed by atoms with Gasteiger partial charge in [-0.3, -0.25) is 0 Å². The lowest BCUT2D eigenvalue weighted by atomic mass is 10.2. The normalized spacial score (nSPS) is 12.1. The average Bonchev–Trinajstić information content (AvgIpc) is 2.92. The molecule has 0 aromatic carbocycles. The largest absolute Gasteiger partial charge is 0.477 e. The van der Waals surface area contributed by atoms with Crippen LogP contribution in [-0.2, 0) is 0 Å². The van der Waals surface area contributed by atoms with Crippen molar-refractivity contribution in [1.29, 1.82) is 0 Å². The van der Waals surface area contributed by atoms with Crippen molar-refractivity contribution in [1.82, 2.24) is 9.97 Å². The highest BCUT2D eigenvalue weighted by atomic mass is 32.1. The van der Waals surface area contributed by atoms with Crippen LogP contribution in [0.1, 0.15) is 28.3 Å². The van der Waals surface area contributed by atoms with Crippen molar-refractivity contribution in [2.75, 3.05) is 18.5 Å². The summed E-state index contributed by atoms with van der Waals surface area (Å²) in [6.45, 7) is 2.83. The molecule has 0 fully saturated rings. The van der Waals surface area contributed by atoms with Gasteiger partial charge in [-0.05, 0) is 12.1 Å². The second-order valence-corrected chi connectivity index (χ2v) is 5.26. The molecule has 0 amide bonds. The maximum absolute atomic E-state index is 10.9. The molecule has 19 heavy (non-hydrogen) atoms. The maximum atomic E-state index is 10.9. The van der Waals surface area contributed by atoms with Crippen LogP contribution in [0.25, 0.3) is 0 Å². The Morgan fingerprint density at radius 1 is 1.53 bits per heavy atom. The van der Waals surface area contributed by atoms with Gasteiger partial charge in [-0.15, -0.1) is 11.3 Å². The second-order valence-electron chi connectivity index (χ2n) is 4.34. The minimum atomic E-state index is -1.01. The summed E-state index contributed by atoms with van der Waals surface area (Å²) >= 11 is 1.62. The Morgan fingerprint density at radius 2 is 2.32 bits per heavy atom. The van der Waals surface area contributed by atoms with Gasteiger partial charge in [0.1, 0.15) is 5.82 Å². The number of likely N-dealkylation sites (N-methyl/N-ethyl adjacent to an activating group) is 1. The first kappa shape index (κ1) is 13.5. The zero-order valence-electron chi connectivity index (χ0n) is 10.8. The molecule has 100 valence electrons. The third kappa shape index (κ3) is 3.29. The molecule has 1 N–H and O–H groups in total. The molecule has 1 unspecified atom stereocenters. The zero-order chi connectivity index (χ0) is 13.8. The molecular formula is C13H15N3O2S. The number of rotatable bonds is 5. The van der Waals surface area contributed by atoms with E-state index in [-0.39, 0.29) is 11.6 Å². The van der Waals surface area contributed by atoms with Crippen molar-refractivity contribution in [2.45, 2.75) is 12.8 Å². The Balaban J connectivity index is 2.09. The number of aromatic carboxylic acids is 1. The highest BCUT2D eigenvalue weighted by Crippen LogP contribution is 2.20. The fraction of sp³-hybridized carbons (Fsp3) is 0.308. The Morgan fingerprint density at radius 3 is 2.95 bits per heavy atom. The summed E-state index contributed by atoms with van der Waals surface area (Å²) in [6.07, 6.45) is 1.79. The van der Waals surface area contributed by atoms with E-state index in [9.17, 15) is 4.79 Å². The monoisotopic (exact) mass is 277 g/mol. The Kier molecular flexibility index (Phi) is 4.11. The van der Waals surface area contributed by atoms with Crippen molar-refractivity contribution in [3.63, 3.8) is 0 Å². The highest BCUT2D eigenvalue weighted by Gasteiger charge is 2.13. The lowest BCUT2D eigenvalue weighted by Gasteiger charge is -2.21. The van der Waals surface area contributed by atoms with Crippen molar-refractivity contribution in [3.05, 3.63) is 40.5 Å². The Bertz CT molecular complexity index is 557. The molecule has 0 aliphatic heterocycles. The summed E-state index contributed by atoms with van der Waals surface area (Å²) in [4.78, 5) is 21.2. The predicted octanol–water partition coefficient (Wildman–Crippen LogP) is 2.48. The van der Waals surface area contributed by atoms with Gasteiger partial charge >= 0.3 is 5.97 Å². The summed E-state index contributed by atoms with van der Waals surface area (Å²) < 4.78 is 0. The third-order valence-corrected chi connectivity index (χ3v) is 3.77. The van der Waals surface area contributed by atoms with E-state index in [2.05, 4.69) is 16.9 Å². The molecule has 0 saturated heterocycles. The van der Waals surface area contributed by atoms with Crippen LogP contribution in [0, 0.1) is 0 Å². The van der Waals surface area contributed by atoms with Crippen molar-refractivity contribution in [2.24, 2.45) is 0 Å². The standard InChI is InChI=1S/C13H15N3O2S/c1-9(12-14-6-7-19-12)8-16(2)11-5-3-4-10(15-11)13(17)18/h3-7,9H,8H2,1-2H3,(H,17,18). The summed E-state index contributed by atoms with van der Waals surface area (Å²) in [5.74, 6) is -0.0770. The number of pyridine rings is 1. The Labute approximate surface area is 115 Å². The van der Waals surface area contributed by atoms with Crippen LogP contribution < -0.4 is 4.90 Å². The van der Waals surface area contributed by atoms with E-state index in [4.69, 9.17) is 5.11 Å². The molecule has 0 spiro atoms. The molecule has 2 aromatic rings. The molecule has 6 heteroatoms. The first-order valence-corrected chi connectivity index (χ1v) is 6.76. The van der Waals surface area contributed by atoms with Crippen molar-refractivity contribution >= 4 is 23.1 Å². The number of anilines is 1. The van der Waals surface area contributed by atoms with Gasteiger partial charge < -0.3 is 10.0 Å². The molecular weight excluding hydrogens is 262 g/mol. The van der Waals surface area contributed by atoms with E-state index >= 15 is 0 Å². The SMILES string of the molecule is CC(CN(C)c1cccc(C(=O)O)n1)c1nccs1. The van der Waals surface area contributed by atoms with Crippen LogP contribution >= 0.6 is 11.3 Å². The number of carbonyl (C=O) groups is 1. The molecule has 0 radical (unpaired) electrons. The smallest absolute Gasteiger partial charge is 0.354 e. The van der Waals surface area contributed by atoms with Gasteiger partial charge in [0.15, 0.2) is 5.69 Å². The van der Waals surface area contributed by atoms with Gasteiger partial charge in [0.25, 0.3) is 0 Å². The van der Waals surface area contributed by atoms with Crippen molar-refractivity contribution in [3.8, 4) is 0 Å². The number of nitrogens with zero attached hydrogens (tertiary/aromatic N) is 3. The number of aromatic nitrogens is 2. The van der Waals surface area contributed by atoms with Gasteiger partial charge in [-0.1, -0.05) is 13.0 Å². The molecule has 0 aliphatic rings. The topological polar surface area (TPSA) is 66.3 Å². The van der Waals surface area contributed by atoms with Crippen LogP contribution in [0.3, 0.4) is 0 Å². The summed E-state index contributed by atoms with van der Waals surface area (Å²) in [6, 6.07) is 5.00. The molecule has 0 bridgehead atoms. The molecule has 2 rings (SSSR count). The minimum Gasteiger partial charge on any atom is -0.477 e. The van der Waals surface area contributed by atoms with Crippen LogP contribution in [0.2, 0.25) is 0 Å². The van der Waals surface area contributed by atoms with E-state index in [0.29, 0.717) is 5.82 Å². The third-order valence-electron chi connectivity index (χ3n) is 2.77. The molecule has 1 atom stereocenters. The van der Waals surface area contributed by atoms with E-state index in [0.717, 1.165) is 11.6 Å². The lowest BCUT2D eigenvalue weighted by Crippen LogP contribution is -2.24. The predicted molar refractivity (Wildman–Crippen MR) is 75.0 cm³/mol. The van der Waals surface area contributed by atoms with E-state index < -0.39 is 5.97 Å². The first-order chi connectivity index (χ1) is 9.08. The first-order valence-electron chi connectivity index (χ1n) is 5.89. The number of thiazole rings is 1. The number of hydrogen-bond donors (Lipinski definition) is 1. The Hall–Kier alpha value is -1.95. The van der Waals surface area contributed by atoms with Gasteiger partial charge in [-0.2, -0.15) is 0 Å². The van der Waals surface area contributed by atoms with Gasteiger partial charge in [0, 0.05) is 31.1 Å².